The molecule has 0 bridgehead atoms. The second kappa shape index (κ2) is 9.01. The molecule has 0 aliphatic heterocycles. The molecule has 4 rings (SSSR count). The molecule has 0 saturated carbocycles. The zero-order valence-electron chi connectivity index (χ0n) is 17.3. The van der Waals surface area contributed by atoms with Crippen molar-refractivity contribution in [3.63, 3.8) is 0 Å². The molecule has 0 fully saturated rings. The molecule has 14 heteroatoms. The Morgan fingerprint density at radius 2 is 1.97 bits per heavy atom. The van der Waals surface area contributed by atoms with Gasteiger partial charge < -0.3 is 10.5 Å². The summed E-state index contributed by atoms with van der Waals surface area (Å²) in [5.74, 6) is -0.315. The third-order valence-electron chi connectivity index (χ3n) is 4.54. The van der Waals surface area contributed by atoms with Crippen molar-refractivity contribution >= 4 is 17.9 Å². The predicted octanol–water partition coefficient (Wildman–Crippen LogP) is 2.69. The Balaban J connectivity index is 1.63. The highest BCUT2D eigenvalue weighted by molar-refractivity contribution is 5.99. The van der Waals surface area contributed by atoms with Crippen molar-refractivity contribution < 1.29 is 27.3 Å². The maximum absolute atomic E-state index is 12.8. The minimum atomic E-state index is -4.45. The lowest BCUT2D eigenvalue weighted by Crippen LogP contribution is -2.19. The highest BCUT2D eigenvalue weighted by Crippen LogP contribution is 2.30. The van der Waals surface area contributed by atoms with E-state index in [4.69, 9.17) is 10.5 Å². The first-order valence-electron chi connectivity index (χ1n) is 9.47. The molecule has 0 aliphatic carbocycles. The number of alkyl halides is 3. The monoisotopic (exact) mass is 472 g/mol. The number of halogens is 3. The fraction of sp³-hybridized carbons (Fsp3) is 0.100. The number of rotatable bonds is 6. The number of hydrogen-bond donors (Lipinski definition) is 2. The second-order valence-electron chi connectivity index (χ2n) is 6.72. The lowest BCUT2D eigenvalue weighted by Gasteiger charge is -2.07. The van der Waals surface area contributed by atoms with Crippen LogP contribution in [0.15, 0.2) is 58.3 Å². The van der Waals surface area contributed by atoms with E-state index in [9.17, 15) is 18.0 Å². The number of carbonyl (C=O) groups is 1. The number of anilines is 1. The Kier molecular flexibility index (Phi) is 5.95. The molecule has 1 amide bonds. The van der Waals surface area contributed by atoms with Gasteiger partial charge in [-0.15, -0.1) is 5.10 Å². The Hall–Kier alpha value is -4.75. The van der Waals surface area contributed by atoms with Gasteiger partial charge in [-0.2, -0.15) is 23.0 Å². The summed E-state index contributed by atoms with van der Waals surface area (Å²) in [6, 6.07) is 11.0. The van der Waals surface area contributed by atoms with Gasteiger partial charge in [-0.25, -0.2) is 10.1 Å². The van der Waals surface area contributed by atoms with Crippen LogP contribution in [-0.4, -0.2) is 44.5 Å². The molecular weight excluding hydrogens is 457 g/mol. The van der Waals surface area contributed by atoms with Gasteiger partial charge >= 0.3 is 6.18 Å². The van der Waals surface area contributed by atoms with E-state index in [1.54, 1.807) is 24.3 Å². The molecule has 2 aromatic carbocycles. The first-order valence-corrected chi connectivity index (χ1v) is 9.47. The van der Waals surface area contributed by atoms with Crippen LogP contribution in [-0.2, 0) is 6.18 Å². The number of nitrogen functional groups attached to an aromatic ring is 1. The number of aromatic nitrogens is 5. The lowest BCUT2D eigenvalue weighted by atomic mass is 10.1. The van der Waals surface area contributed by atoms with Gasteiger partial charge in [0.1, 0.15) is 11.4 Å². The summed E-state index contributed by atoms with van der Waals surface area (Å²) >= 11 is 0. The normalized spacial score (nSPS) is 11.6. The molecule has 0 spiro atoms. The number of carbonyl (C=O) groups excluding carboxylic acids is 1. The van der Waals surface area contributed by atoms with E-state index >= 15 is 0 Å². The van der Waals surface area contributed by atoms with Crippen molar-refractivity contribution in [1.29, 1.82) is 0 Å². The zero-order chi connectivity index (χ0) is 24.3. The standard InChI is InChI=1S/C20H15F3N8O3/c1-33-14-4-2-3-12(9-14)16-15(26-30-31(16)18-17(24)28-34-29-18)19(32)27-25-10-11-5-7-13(8-6-11)20(21,22)23/h2-10H,1H3,(H2,24,28)(H,27,32)/b25-10-. The van der Waals surface area contributed by atoms with Crippen molar-refractivity contribution in [3.05, 3.63) is 65.4 Å². The molecule has 0 unspecified atom stereocenters. The Bertz CT molecular complexity index is 1350. The summed E-state index contributed by atoms with van der Waals surface area (Å²) in [7, 11) is 1.48. The van der Waals surface area contributed by atoms with E-state index in [1.165, 1.54) is 30.1 Å². The number of hydrogen-bond acceptors (Lipinski definition) is 9. The molecular formula is C20H15F3N8O3. The van der Waals surface area contributed by atoms with Crippen molar-refractivity contribution in [3.8, 4) is 22.8 Å². The van der Waals surface area contributed by atoms with Crippen molar-refractivity contribution in [2.24, 2.45) is 5.10 Å². The van der Waals surface area contributed by atoms with E-state index in [0.717, 1.165) is 12.1 Å². The zero-order valence-corrected chi connectivity index (χ0v) is 17.3. The van der Waals surface area contributed by atoms with E-state index in [2.05, 4.69) is 35.8 Å². The fourth-order valence-corrected chi connectivity index (χ4v) is 2.93. The Morgan fingerprint density at radius 1 is 1.21 bits per heavy atom. The summed E-state index contributed by atoms with van der Waals surface area (Å²) in [4.78, 5) is 12.8. The van der Waals surface area contributed by atoms with Crippen LogP contribution in [0.5, 0.6) is 5.75 Å². The number of nitrogens with zero attached hydrogens (tertiary/aromatic N) is 6. The number of amides is 1. The molecule has 0 saturated heterocycles. The van der Waals surface area contributed by atoms with Crippen LogP contribution in [0.2, 0.25) is 0 Å². The van der Waals surface area contributed by atoms with Gasteiger partial charge in [0.25, 0.3) is 5.91 Å². The third kappa shape index (κ3) is 4.55. The fourth-order valence-electron chi connectivity index (χ4n) is 2.93. The van der Waals surface area contributed by atoms with Crippen LogP contribution >= 0.6 is 0 Å². The van der Waals surface area contributed by atoms with E-state index in [0.29, 0.717) is 16.9 Å². The molecule has 11 nitrogen and oxygen atoms in total. The number of methoxy groups -OCH3 is 1. The smallest absolute Gasteiger partial charge is 0.416 e. The van der Waals surface area contributed by atoms with Crippen molar-refractivity contribution in [2.45, 2.75) is 6.18 Å². The van der Waals surface area contributed by atoms with Crippen molar-refractivity contribution in [1.82, 2.24) is 30.7 Å². The van der Waals surface area contributed by atoms with Gasteiger partial charge in [0.05, 0.1) is 18.9 Å². The topological polar surface area (TPSA) is 146 Å². The summed E-state index contributed by atoms with van der Waals surface area (Å²) in [6.07, 6.45) is -3.26. The van der Waals surface area contributed by atoms with Crippen molar-refractivity contribution in [2.75, 3.05) is 12.8 Å². The highest BCUT2D eigenvalue weighted by Gasteiger charge is 2.30. The summed E-state index contributed by atoms with van der Waals surface area (Å²) < 4.78 is 49.1. The van der Waals surface area contributed by atoms with Crippen LogP contribution in [0.4, 0.5) is 19.0 Å². The Labute approximate surface area is 189 Å². The van der Waals surface area contributed by atoms with Gasteiger partial charge in [0, 0.05) is 5.56 Å². The maximum atomic E-state index is 12.8. The molecule has 0 aliphatic rings. The number of hydrazone groups is 1. The van der Waals surface area contributed by atoms with Gasteiger partial charge in [-0.05, 0) is 40.1 Å². The van der Waals surface area contributed by atoms with Gasteiger partial charge in [0.2, 0.25) is 11.6 Å². The van der Waals surface area contributed by atoms with Crippen LogP contribution < -0.4 is 15.9 Å². The van der Waals surface area contributed by atoms with Crippen LogP contribution in [0.1, 0.15) is 21.6 Å². The molecule has 3 N–H and O–H groups in total. The number of ether oxygens (including phenoxy) is 1. The van der Waals surface area contributed by atoms with E-state index < -0.39 is 17.6 Å². The van der Waals surface area contributed by atoms with Gasteiger partial charge in [-0.3, -0.25) is 4.79 Å². The molecule has 34 heavy (non-hydrogen) atoms. The largest absolute Gasteiger partial charge is 0.497 e. The van der Waals surface area contributed by atoms with Gasteiger partial charge in [-0.1, -0.05) is 29.5 Å². The van der Waals surface area contributed by atoms with Crippen LogP contribution in [0.3, 0.4) is 0 Å². The SMILES string of the molecule is COc1cccc(-c2c(C(=O)N/N=C\c3ccc(C(F)(F)F)cc3)nnn2-c2nonc2N)c1. The van der Waals surface area contributed by atoms with E-state index in [1.807, 2.05) is 0 Å². The summed E-state index contributed by atoms with van der Waals surface area (Å²) in [6.45, 7) is 0. The first kappa shape index (κ1) is 22.4. The average Bonchev–Trinajstić information content (AvgIpc) is 3.44. The molecule has 4 aromatic rings. The van der Waals surface area contributed by atoms with E-state index in [-0.39, 0.29) is 23.0 Å². The van der Waals surface area contributed by atoms with Crippen LogP contribution in [0.25, 0.3) is 17.1 Å². The van der Waals surface area contributed by atoms with Crippen LogP contribution in [0, 0.1) is 0 Å². The number of nitrogens with two attached hydrogens (primary N) is 1. The predicted molar refractivity (Wildman–Crippen MR) is 112 cm³/mol. The molecule has 2 aromatic heterocycles. The molecule has 0 atom stereocenters. The summed E-state index contributed by atoms with van der Waals surface area (Å²) in [5, 5.41) is 18.8. The molecule has 2 heterocycles. The number of benzene rings is 2. The lowest BCUT2D eigenvalue weighted by molar-refractivity contribution is -0.137. The average molecular weight is 472 g/mol. The van der Waals surface area contributed by atoms with Gasteiger partial charge in [0.15, 0.2) is 5.69 Å². The highest BCUT2D eigenvalue weighted by atomic mass is 19.4. The number of nitrogens with one attached hydrogen (secondary N) is 1. The summed E-state index contributed by atoms with van der Waals surface area (Å²) in [5.41, 5.74) is 8.13. The molecule has 174 valence electrons. The minimum Gasteiger partial charge on any atom is -0.497 e. The first-order chi connectivity index (χ1) is 16.3. The second-order valence-corrected chi connectivity index (χ2v) is 6.72. The Morgan fingerprint density at radius 3 is 2.62 bits per heavy atom. The third-order valence-corrected chi connectivity index (χ3v) is 4.54. The quantitative estimate of drug-likeness (QED) is 0.322. The minimum absolute atomic E-state index is 0.0117. The molecule has 0 radical (unpaired) electrons. The maximum Gasteiger partial charge on any atom is 0.416 e.